The quantitative estimate of drug-likeness (QED) is 0.809. The van der Waals surface area contributed by atoms with E-state index in [4.69, 9.17) is 4.74 Å². The zero-order valence-electron chi connectivity index (χ0n) is 9.84. The lowest BCUT2D eigenvalue weighted by molar-refractivity contribution is 0.341. The van der Waals surface area contributed by atoms with E-state index in [9.17, 15) is 0 Å². The van der Waals surface area contributed by atoms with Crippen molar-refractivity contribution in [2.75, 3.05) is 13.2 Å². The molecule has 1 aromatic carbocycles. The fourth-order valence-electron chi connectivity index (χ4n) is 1.78. The van der Waals surface area contributed by atoms with Gasteiger partial charge in [-0.2, -0.15) is 0 Å². The molecule has 0 bridgehead atoms. The molecule has 0 spiro atoms. The van der Waals surface area contributed by atoms with Gasteiger partial charge in [-0.05, 0) is 37.7 Å². The molecule has 0 aliphatic rings. The lowest BCUT2D eigenvalue weighted by Gasteiger charge is -2.01. The van der Waals surface area contributed by atoms with Crippen LogP contribution >= 0.6 is 0 Å². The van der Waals surface area contributed by atoms with Crippen LogP contribution in [0.4, 0.5) is 0 Å². The van der Waals surface area contributed by atoms with Crippen LogP contribution in [-0.2, 0) is 6.54 Å². The van der Waals surface area contributed by atoms with E-state index in [2.05, 4.69) is 35.4 Å². The molecule has 2 aromatic rings. The third kappa shape index (κ3) is 2.36. The molecule has 0 saturated heterocycles. The minimum absolute atomic E-state index is 0.709. The van der Waals surface area contributed by atoms with Crippen molar-refractivity contribution in [3.05, 3.63) is 30.0 Å². The fourth-order valence-corrected chi connectivity index (χ4v) is 1.78. The zero-order chi connectivity index (χ0) is 11.4. The summed E-state index contributed by atoms with van der Waals surface area (Å²) in [5.41, 5.74) is 2.38. The van der Waals surface area contributed by atoms with E-state index in [1.54, 1.807) is 0 Å². The van der Waals surface area contributed by atoms with Crippen molar-refractivity contribution in [1.29, 1.82) is 0 Å². The molecule has 0 atom stereocenters. The molecule has 0 aliphatic carbocycles. The number of H-pyrrole nitrogens is 1. The van der Waals surface area contributed by atoms with Gasteiger partial charge < -0.3 is 15.0 Å². The Labute approximate surface area is 95.8 Å². The number of aromatic nitrogens is 1. The van der Waals surface area contributed by atoms with Crippen molar-refractivity contribution in [1.82, 2.24) is 10.3 Å². The molecular formula is C13H18N2O. The average molecular weight is 218 g/mol. The van der Waals surface area contributed by atoms with Crippen LogP contribution in [0.15, 0.2) is 24.3 Å². The standard InChI is InChI=1S/C13H18N2O/c1-3-14-9-11-7-10-8-12(16-4-2)5-6-13(10)15-11/h5-8,14-15H,3-4,9H2,1-2H3. The molecule has 1 aromatic heterocycles. The summed E-state index contributed by atoms with van der Waals surface area (Å²) < 4.78 is 5.47. The number of aromatic amines is 1. The number of ether oxygens (including phenoxy) is 1. The van der Waals surface area contributed by atoms with Crippen LogP contribution in [0.2, 0.25) is 0 Å². The lowest BCUT2D eigenvalue weighted by Crippen LogP contribution is -2.11. The van der Waals surface area contributed by atoms with Gasteiger partial charge in [-0.3, -0.25) is 0 Å². The van der Waals surface area contributed by atoms with Gasteiger partial charge in [-0.25, -0.2) is 0 Å². The summed E-state index contributed by atoms with van der Waals surface area (Å²) in [4.78, 5) is 3.38. The van der Waals surface area contributed by atoms with E-state index < -0.39 is 0 Å². The number of fused-ring (bicyclic) bond motifs is 1. The van der Waals surface area contributed by atoms with Crippen LogP contribution in [0.1, 0.15) is 19.5 Å². The van der Waals surface area contributed by atoms with Gasteiger partial charge in [0.2, 0.25) is 0 Å². The Kier molecular flexibility index (Phi) is 3.47. The Morgan fingerprint density at radius 3 is 2.88 bits per heavy atom. The lowest BCUT2D eigenvalue weighted by atomic mass is 10.2. The summed E-state index contributed by atoms with van der Waals surface area (Å²) in [6.45, 7) is 6.68. The smallest absolute Gasteiger partial charge is 0.120 e. The highest BCUT2D eigenvalue weighted by molar-refractivity contribution is 5.81. The second kappa shape index (κ2) is 5.03. The Bertz CT molecular complexity index is 462. The first-order valence-corrected chi connectivity index (χ1v) is 5.78. The predicted molar refractivity (Wildman–Crippen MR) is 66.8 cm³/mol. The number of hydrogen-bond acceptors (Lipinski definition) is 2. The summed E-state index contributed by atoms with van der Waals surface area (Å²) in [7, 11) is 0. The Morgan fingerprint density at radius 1 is 1.25 bits per heavy atom. The first kappa shape index (κ1) is 11.0. The van der Waals surface area contributed by atoms with Crippen molar-refractivity contribution in [2.24, 2.45) is 0 Å². The molecule has 0 radical (unpaired) electrons. The molecule has 0 amide bonds. The van der Waals surface area contributed by atoms with Crippen LogP contribution in [0.5, 0.6) is 5.75 Å². The van der Waals surface area contributed by atoms with Crippen LogP contribution in [0.25, 0.3) is 10.9 Å². The Morgan fingerprint density at radius 2 is 2.12 bits per heavy atom. The van der Waals surface area contributed by atoms with Gasteiger partial charge in [0.05, 0.1) is 6.61 Å². The molecule has 3 heteroatoms. The molecule has 2 rings (SSSR count). The van der Waals surface area contributed by atoms with Gasteiger partial charge >= 0.3 is 0 Å². The maximum absolute atomic E-state index is 5.47. The molecule has 0 saturated carbocycles. The molecule has 2 N–H and O–H groups in total. The predicted octanol–water partition coefficient (Wildman–Crippen LogP) is 2.68. The summed E-state index contributed by atoms with van der Waals surface area (Å²) in [5.74, 6) is 0.934. The zero-order valence-corrected chi connectivity index (χ0v) is 9.84. The second-order valence-electron chi connectivity index (χ2n) is 3.76. The first-order valence-electron chi connectivity index (χ1n) is 5.78. The van der Waals surface area contributed by atoms with E-state index in [0.717, 1.165) is 24.4 Å². The van der Waals surface area contributed by atoms with Crippen LogP contribution in [0, 0.1) is 0 Å². The van der Waals surface area contributed by atoms with Gasteiger partial charge in [0.25, 0.3) is 0 Å². The van der Waals surface area contributed by atoms with Crippen LogP contribution < -0.4 is 10.1 Å². The highest BCUT2D eigenvalue weighted by Crippen LogP contribution is 2.21. The van der Waals surface area contributed by atoms with E-state index in [1.165, 1.54) is 11.1 Å². The van der Waals surface area contributed by atoms with Crippen molar-refractivity contribution >= 4 is 10.9 Å². The van der Waals surface area contributed by atoms with Gasteiger partial charge in [0.1, 0.15) is 5.75 Å². The molecule has 86 valence electrons. The Hall–Kier alpha value is -1.48. The summed E-state index contributed by atoms with van der Waals surface area (Å²) in [5, 5.41) is 4.51. The van der Waals surface area contributed by atoms with Crippen LogP contribution in [0.3, 0.4) is 0 Å². The number of benzene rings is 1. The van der Waals surface area contributed by atoms with E-state index >= 15 is 0 Å². The molecule has 0 aliphatic heterocycles. The maximum Gasteiger partial charge on any atom is 0.120 e. The van der Waals surface area contributed by atoms with Gasteiger partial charge in [-0.1, -0.05) is 6.92 Å². The minimum Gasteiger partial charge on any atom is -0.494 e. The fraction of sp³-hybridized carbons (Fsp3) is 0.385. The molecule has 0 fully saturated rings. The van der Waals surface area contributed by atoms with Crippen molar-refractivity contribution in [3.63, 3.8) is 0 Å². The minimum atomic E-state index is 0.709. The average Bonchev–Trinajstić information content (AvgIpc) is 2.68. The summed E-state index contributed by atoms with van der Waals surface area (Å²) in [6.07, 6.45) is 0. The van der Waals surface area contributed by atoms with Gasteiger partial charge in [0.15, 0.2) is 0 Å². The second-order valence-corrected chi connectivity index (χ2v) is 3.76. The Balaban J connectivity index is 2.23. The van der Waals surface area contributed by atoms with E-state index in [1.807, 2.05) is 13.0 Å². The highest BCUT2D eigenvalue weighted by atomic mass is 16.5. The highest BCUT2D eigenvalue weighted by Gasteiger charge is 2.01. The molecule has 1 heterocycles. The molecule has 16 heavy (non-hydrogen) atoms. The normalized spacial score (nSPS) is 10.9. The monoisotopic (exact) mass is 218 g/mol. The van der Waals surface area contributed by atoms with Gasteiger partial charge in [-0.15, -0.1) is 0 Å². The van der Waals surface area contributed by atoms with E-state index in [0.29, 0.717) is 6.61 Å². The molecule has 0 unspecified atom stereocenters. The molecule has 3 nitrogen and oxygen atoms in total. The number of nitrogens with one attached hydrogen (secondary N) is 2. The van der Waals surface area contributed by atoms with Gasteiger partial charge in [0, 0.05) is 23.1 Å². The topological polar surface area (TPSA) is 37.0 Å². The number of hydrogen-bond donors (Lipinski definition) is 2. The SMILES string of the molecule is CCNCc1cc2cc(OCC)ccc2[nH]1. The van der Waals surface area contributed by atoms with Crippen LogP contribution in [-0.4, -0.2) is 18.1 Å². The maximum atomic E-state index is 5.47. The summed E-state index contributed by atoms with van der Waals surface area (Å²) in [6, 6.07) is 8.31. The van der Waals surface area contributed by atoms with Crippen molar-refractivity contribution in [3.8, 4) is 5.75 Å². The van der Waals surface area contributed by atoms with Crippen molar-refractivity contribution in [2.45, 2.75) is 20.4 Å². The number of rotatable bonds is 5. The molecular weight excluding hydrogens is 200 g/mol. The third-order valence-electron chi connectivity index (χ3n) is 2.52. The van der Waals surface area contributed by atoms with E-state index in [-0.39, 0.29) is 0 Å². The summed E-state index contributed by atoms with van der Waals surface area (Å²) >= 11 is 0. The van der Waals surface area contributed by atoms with Crippen molar-refractivity contribution < 1.29 is 4.74 Å². The first-order chi connectivity index (χ1) is 7.83. The largest absolute Gasteiger partial charge is 0.494 e. The third-order valence-corrected chi connectivity index (χ3v) is 2.52.